The molecular weight excluding hydrogens is 423 g/mol. The van der Waals surface area contributed by atoms with Crippen molar-refractivity contribution in [2.24, 2.45) is 5.10 Å². The van der Waals surface area contributed by atoms with Crippen LogP contribution in [0.1, 0.15) is 22.8 Å². The SMILES string of the molecule is CCOc1cc(C(=O)N/N=C/c2cc(Cl)c(OCC(=O)O)c(Cl)c2)ccc1OC. The molecule has 0 fully saturated rings. The molecule has 8 nitrogen and oxygen atoms in total. The minimum Gasteiger partial charge on any atom is -0.493 e. The first kappa shape index (κ1) is 22.3. The normalized spacial score (nSPS) is 10.6. The number of hydrogen-bond acceptors (Lipinski definition) is 6. The molecule has 2 N–H and O–H groups in total. The number of hydrazone groups is 1. The molecule has 0 aromatic heterocycles. The van der Waals surface area contributed by atoms with Gasteiger partial charge in [0.1, 0.15) is 0 Å². The van der Waals surface area contributed by atoms with E-state index in [2.05, 4.69) is 10.5 Å². The fraction of sp³-hybridized carbons (Fsp3) is 0.211. The molecule has 0 heterocycles. The lowest BCUT2D eigenvalue weighted by molar-refractivity contribution is -0.139. The van der Waals surface area contributed by atoms with Gasteiger partial charge in [-0.05, 0) is 42.8 Å². The molecular formula is C19H18Cl2N2O6. The molecule has 0 spiro atoms. The minimum absolute atomic E-state index is 0.0543. The number of hydrogen-bond donors (Lipinski definition) is 2. The van der Waals surface area contributed by atoms with Crippen LogP contribution >= 0.6 is 23.2 Å². The number of nitrogens with one attached hydrogen (secondary N) is 1. The van der Waals surface area contributed by atoms with E-state index in [0.29, 0.717) is 29.2 Å². The van der Waals surface area contributed by atoms with Gasteiger partial charge in [0.25, 0.3) is 5.91 Å². The van der Waals surface area contributed by atoms with Crippen LogP contribution < -0.4 is 19.6 Å². The van der Waals surface area contributed by atoms with Gasteiger partial charge in [0, 0.05) is 5.56 Å². The largest absolute Gasteiger partial charge is 0.493 e. The van der Waals surface area contributed by atoms with E-state index in [0.717, 1.165) is 0 Å². The lowest BCUT2D eigenvalue weighted by Crippen LogP contribution is -2.17. The zero-order chi connectivity index (χ0) is 21.4. The number of ether oxygens (including phenoxy) is 3. The Balaban J connectivity index is 2.08. The van der Waals surface area contributed by atoms with Crippen LogP contribution in [0, 0.1) is 0 Å². The predicted octanol–water partition coefficient (Wildman–Crippen LogP) is 3.63. The van der Waals surface area contributed by atoms with Gasteiger partial charge < -0.3 is 19.3 Å². The summed E-state index contributed by atoms with van der Waals surface area (Å²) in [5, 5.41) is 12.8. The lowest BCUT2D eigenvalue weighted by atomic mass is 10.2. The van der Waals surface area contributed by atoms with E-state index in [-0.39, 0.29) is 15.8 Å². The number of amides is 1. The average Bonchev–Trinajstić information content (AvgIpc) is 2.67. The van der Waals surface area contributed by atoms with Crippen molar-refractivity contribution in [2.75, 3.05) is 20.3 Å². The number of carbonyl (C=O) groups excluding carboxylic acids is 1. The molecule has 0 radical (unpaired) electrons. The Hall–Kier alpha value is -2.97. The molecule has 29 heavy (non-hydrogen) atoms. The van der Waals surface area contributed by atoms with E-state index in [4.69, 9.17) is 42.5 Å². The molecule has 154 valence electrons. The molecule has 1 amide bonds. The molecule has 0 unspecified atom stereocenters. The van der Waals surface area contributed by atoms with Crippen molar-refractivity contribution in [3.05, 3.63) is 51.5 Å². The Bertz CT molecular complexity index is 910. The van der Waals surface area contributed by atoms with Gasteiger partial charge >= 0.3 is 5.97 Å². The first-order valence-corrected chi connectivity index (χ1v) is 9.09. The number of aliphatic carboxylic acids is 1. The van der Waals surface area contributed by atoms with E-state index >= 15 is 0 Å². The van der Waals surface area contributed by atoms with E-state index in [9.17, 15) is 9.59 Å². The van der Waals surface area contributed by atoms with Gasteiger partial charge in [0.2, 0.25) is 0 Å². The molecule has 10 heteroatoms. The second-order valence-electron chi connectivity index (χ2n) is 5.49. The Morgan fingerprint density at radius 1 is 1.14 bits per heavy atom. The van der Waals surface area contributed by atoms with E-state index in [1.165, 1.54) is 25.5 Å². The third-order valence-corrected chi connectivity index (χ3v) is 4.03. The zero-order valence-electron chi connectivity index (χ0n) is 15.6. The Kier molecular flexibility index (Phi) is 8.11. The summed E-state index contributed by atoms with van der Waals surface area (Å²) in [7, 11) is 1.51. The van der Waals surface area contributed by atoms with Crippen molar-refractivity contribution in [1.29, 1.82) is 0 Å². The van der Waals surface area contributed by atoms with Gasteiger partial charge in [0.15, 0.2) is 23.9 Å². The van der Waals surface area contributed by atoms with Gasteiger partial charge in [-0.3, -0.25) is 4.79 Å². The van der Waals surface area contributed by atoms with Gasteiger partial charge in [0.05, 0.1) is 30.0 Å². The molecule has 0 saturated heterocycles. The monoisotopic (exact) mass is 440 g/mol. The van der Waals surface area contributed by atoms with Crippen molar-refractivity contribution >= 4 is 41.3 Å². The second kappa shape index (κ2) is 10.5. The smallest absolute Gasteiger partial charge is 0.341 e. The number of methoxy groups -OCH3 is 1. The predicted molar refractivity (Wildman–Crippen MR) is 109 cm³/mol. The summed E-state index contributed by atoms with van der Waals surface area (Å²) < 4.78 is 15.7. The summed E-state index contributed by atoms with van der Waals surface area (Å²) in [5.74, 6) is -0.595. The lowest BCUT2D eigenvalue weighted by Gasteiger charge is -2.10. The molecule has 0 atom stereocenters. The van der Waals surface area contributed by atoms with Crippen LogP contribution in [0.5, 0.6) is 17.2 Å². The average molecular weight is 441 g/mol. The molecule has 2 rings (SSSR count). The number of carboxylic acid groups (broad SMARTS) is 1. The molecule has 2 aromatic carbocycles. The fourth-order valence-corrected chi connectivity index (χ4v) is 2.86. The Labute approximate surface area is 177 Å². The van der Waals surface area contributed by atoms with Crippen molar-refractivity contribution in [3.8, 4) is 17.2 Å². The Morgan fingerprint density at radius 2 is 1.83 bits per heavy atom. The molecule has 0 aliphatic carbocycles. The van der Waals surface area contributed by atoms with Crippen molar-refractivity contribution in [2.45, 2.75) is 6.92 Å². The quantitative estimate of drug-likeness (QED) is 0.455. The maximum Gasteiger partial charge on any atom is 0.341 e. The summed E-state index contributed by atoms with van der Waals surface area (Å²) in [4.78, 5) is 22.9. The number of carbonyl (C=O) groups is 2. The highest BCUT2D eigenvalue weighted by Crippen LogP contribution is 2.33. The van der Waals surface area contributed by atoms with Gasteiger partial charge in [-0.15, -0.1) is 0 Å². The molecule has 2 aromatic rings. The van der Waals surface area contributed by atoms with Crippen LogP contribution in [-0.2, 0) is 4.79 Å². The van der Waals surface area contributed by atoms with E-state index in [1.807, 2.05) is 6.92 Å². The third kappa shape index (κ3) is 6.27. The maximum atomic E-state index is 12.3. The fourth-order valence-electron chi connectivity index (χ4n) is 2.24. The molecule has 0 aliphatic heterocycles. The van der Waals surface area contributed by atoms with Crippen LogP contribution in [0.3, 0.4) is 0 Å². The zero-order valence-corrected chi connectivity index (χ0v) is 17.1. The summed E-state index contributed by atoms with van der Waals surface area (Å²) in [5.41, 5.74) is 3.20. The van der Waals surface area contributed by atoms with Crippen molar-refractivity contribution < 1.29 is 28.9 Å². The molecule has 0 bridgehead atoms. The summed E-state index contributed by atoms with van der Waals surface area (Å²) in [6.45, 7) is 1.67. The van der Waals surface area contributed by atoms with Crippen LogP contribution in [0.25, 0.3) is 0 Å². The highest BCUT2D eigenvalue weighted by Gasteiger charge is 2.12. The maximum absolute atomic E-state index is 12.3. The first-order valence-electron chi connectivity index (χ1n) is 8.33. The Morgan fingerprint density at radius 3 is 2.41 bits per heavy atom. The molecule has 0 aliphatic rings. The second-order valence-corrected chi connectivity index (χ2v) is 6.31. The van der Waals surface area contributed by atoms with E-state index < -0.39 is 18.5 Å². The number of halogens is 2. The van der Waals surface area contributed by atoms with Gasteiger partial charge in [-0.25, -0.2) is 10.2 Å². The topological polar surface area (TPSA) is 106 Å². The standard InChI is InChI=1S/C19H18Cl2N2O6/c1-3-28-16-8-12(4-5-15(16)27-2)19(26)23-22-9-11-6-13(20)18(14(21)7-11)29-10-17(24)25/h4-9H,3,10H2,1-2H3,(H,23,26)(H,24,25)/b22-9+. The summed E-state index contributed by atoms with van der Waals surface area (Å²) in [6.07, 6.45) is 1.34. The number of rotatable bonds is 9. The van der Waals surface area contributed by atoms with Crippen LogP contribution in [0.4, 0.5) is 0 Å². The third-order valence-electron chi connectivity index (χ3n) is 3.47. The molecule has 0 saturated carbocycles. The van der Waals surface area contributed by atoms with E-state index in [1.54, 1.807) is 18.2 Å². The highest BCUT2D eigenvalue weighted by molar-refractivity contribution is 6.37. The highest BCUT2D eigenvalue weighted by atomic mass is 35.5. The van der Waals surface area contributed by atoms with Crippen LogP contribution in [0.2, 0.25) is 10.0 Å². The first-order chi connectivity index (χ1) is 13.8. The number of nitrogens with zero attached hydrogens (tertiary/aromatic N) is 1. The van der Waals surface area contributed by atoms with Crippen LogP contribution in [0.15, 0.2) is 35.4 Å². The van der Waals surface area contributed by atoms with Crippen molar-refractivity contribution in [3.63, 3.8) is 0 Å². The minimum atomic E-state index is -1.16. The van der Waals surface area contributed by atoms with Crippen LogP contribution in [-0.4, -0.2) is 43.5 Å². The summed E-state index contributed by atoms with van der Waals surface area (Å²) >= 11 is 12.1. The van der Waals surface area contributed by atoms with Crippen molar-refractivity contribution in [1.82, 2.24) is 5.43 Å². The van der Waals surface area contributed by atoms with Gasteiger partial charge in [-0.1, -0.05) is 23.2 Å². The number of carboxylic acids is 1. The van der Waals surface area contributed by atoms with Gasteiger partial charge in [-0.2, -0.15) is 5.10 Å². The summed E-state index contributed by atoms with van der Waals surface area (Å²) in [6, 6.07) is 7.70. The number of benzene rings is 2.